The number of hydrogen-bond acceptors (Lipinski definition) is 3. The van der Waals surface area contributed by atoms with Gasteiger partial charge < -0.3 is 5.73 Å². The normalized spacial score (nSPS) is 11.9. The standard InChI is InChI=1S/C10H8F3N3O/c11-10(12,13)4-5-1-2-7-6(3-5)8(17)16-9(14)15-7/h1-3H,4H2,(H3,14,15,16,17). The Kier molecular flexibility index (Phi) is 2.53. The number of nitrogens with zero attached hydrogens (tertiary/aromatic N) is 1. The van der Waals surface area contributed by atoms with Gasteiger partial charge in [-0.15, -0.1) is 0 Å². The van der Waals surface area contributed by atoms with E-state index in [0.717, 1.165) is 0 Å². The lowest BCUT2D eigenvalue weighted by molar-refractivity contribution is -0.127. The summed E-state index contributed by atoms with van der Waals surface area (Å²) in [6.07, 6.45) is -5.38. The number of H-pyrrole nitrogens is 1. The summed E-state index contributed by atoms with van der Waals surface area (Å²) in [7, 11) is 0. The van der Waals surface area contributed by atoms with Gasteiger partial charge in [-0.05, 0) is 17.7 Å². The Hall–Kier alpha value is -2.05. The summed E-state index contributed by atoms with van der Waals surface area (Å²) in [5, 5.41) is 0.0981. The fourth-order valence-electron chi connectivity index (χ4n) is 1.55. The van der Waals surface area contributed by atoms with Crippen LogP contribution in [0.4, 0.5) is 19.1 Å². The molecular weight excluding hydrogens is 235 g/mol. The highest BCUT2D eigenvalue weighted by Crippen LogP contribution is 2.22. The van der Waals surface area contributed by atoms with Gasteiger partial charge in [0.1, 0.15) is 0 Å². The first-order chi connectivity index (χ1) is 7.85. The Morgan fingerprint density at radius 2 is 2.06 bits per heavy atom. The van der Waals surface area contributed by atoms with E-state index in [1.807, 2.05) is 0 Å². The largest absolute Gasteiger partial charge is 0.393 e. The molecule has 0 atom stereocenters. The highest BCUT2D eigenvalue weighted by Gasteiger charge is 2.27. The smallest absolute Gasteiger partial charge is 0.369 e. The van der Waals surface area contributed by atoms with Crippen LogP contribution in [-0.2, 0) is 6.42 Å². The van der Waals surface area contributed by atoms with Crippen LogP contribution in [0.1, 0.15) is 5.56 Å². The van der Waals surface area contributed by atoms with Crippen LogP contribution in [0.5, 0.6) is 0 Å². The first kappa shape index (κ1) is 11.4. The first-order valence-corrected chi connectivity index (χ1v) is 4.70. The molecule has 0 spiro atoms. The number of alkyl halides is 3. The minimum absolute atomic E-state index is 0.0158. The minimum Gasteiger partial charge on any atom is -0.369 e. The predicted octanol–water partition coefficient (Wildman–Crippen LogP) is 1.61. The molecule has 1 heterocycles. The van der Waals surface area contributed by atoms with E-state index in [1.165, 1.54) is 18.2 Å². The van der Waals surface area contributed by atoms with Crippen molar-refractivity contribution in [2.75, 3.05) is 5.73 Å². The van der Waals surface area contributed by atoms with Gasteiger partial charge >= 0.3 is 6.18 Å². The lowest BCUT2D eigenvalue weighted by atomic mass is 10.1. The summed E-state index contributed by atoms with van der Waals surface area (Å²) < 4.78 is 36.6. The van der Waals surface area contributed by atoms with Gasteiger partial charge in [0, 0.05) is 0 Å². The lowest BCUT2D eigenvalue weighted by Crippen LogP contribution is -2.14. The quantitative estimate of drug-likeness (QED) is 0.799. The number of hydrogen-bond donors (Lipinski definition) is 2. The zero-order valence-corrected chi connectivity index (χ0v) is 8.51. The molecule has 0 bridgehead atoms. The third-order valence-corrected chi connectivity index (χ3v) is 2.19. The maximum atomic E-state index is 12.2. The van der Waals surface area contributed by atoms with E-state index >= 15 is 0 Å². The molecule has 0 unspecified atom stereocenters. The zero-order chi connectivity index (χ0) is 12.6. The van der Waals surface area contributed by atoms with Crippen LogP contribution in [0.25, 0.3) is 10.9 Å². The average Bonchev–Trinajstić information content (AvgIpc) is 2.16. The summed E-state index contributed by atoms with van der Waals surface area (Å²) in [5.41, 5.74) is 5.06. The number of nitrogens with two attached hydrogens (primary N) is 1. The number of anilines is 1. The third-order valence-electron chi connectivity index (χ3n) is 2.19. The van der Waals surface area contributed by atoms with Crippen molar-refractivity contribution in [2.45, 2.75) is 12.6 Å². The van der Waals surface area contributed by atoms with E-state index in [1.54, 1.807) is 0 Å². The second-order valence-corrected chi connectivity index (χ2v) is 3.59. The van der Waals surface area contributed by atoms with Crippen molar-refractivity contribution in [3.8, 4) is 0 Å². The average molecular weight is 243 g/mol. The fraction of sp³-hybridized carbons (Fsp3) is 0.200. The Morgan fingerprint density at radius 1 is 1.35 bits per heavy atom. The molecule has 0 aliphatic carbocycles. The fourth-order valence-corrected chi connectivity index (χ4v) is 1.55. The van der Waals surface area contributed by atoms with E-state index in [2.05, 4.69) is 9.97 Å². The van der Waals surface area contributed by atoms with Crippen molar-refractivity contribution in [1.82, 2.24) is 9.97 Å². The minimum atomic E-state index is -4.30. The molecule has 2 rings (SSSR count). The monoisotopic (exact) mass is 243 g/mol. The Labute approximate surface area is 93.3 Å². The highest BCUT2D eigenvalue weighted by atomic mass is 19.4. The summed E-state index contributed by atoms with van der Waals surface area (Å²) in [5.74, 6) is -0.0638. The van der Waals surface area contributed by atoms with Crippen molar-refractivity contribution in [1.29, 1.82) is 0 Å². The van der Waals surface area contributed by atoms with Gasteiger partial charge in [0.15, 0.2) is 0 Å². The van der Waals surface area contributed by atoms with Gasteiger partial charge in [-0.25, -0.2) is 4.98 Å². The Morgan fingerprint density at radius 3 is 2.71 bits per heavy atom. The van der Waals surface area contributed by atoms with Gasteiger partial charge in [-0.3, -0.25) is 9.78 Å². The predicted molar refractivity (Wildman–Crippen MR) is 56.5 cm³/mol. The number of fused-ring (bicyclic) bond motifs is 1. The number of benzene rings is 1. The summed E-state index contributed by atoms with van der Waals surface area (Å²) in [6, 6.07) is 3.80. The molecule has 0 fully saturated rings. The highest BCUT2D eigenvalue weighted by molar-refractivity contribution is 5.79. The first-order valence-electron chi connectivity index (χ1n) is 4.70. The summed E-state index contributed by atoms with van der Waals surface area (Å²) in [6.45, 7) is 0. The van der Waals surface area contributed by atoms with Gasteiger partial charge in [0.2, 0.25) is 5.95 Å². The van der Waals surface area contributed by atoms with E-state index in [0.29, 0.717) is 0 Å². The number of rotatable bonds is 1. The molecule has 4 nitrogen and oxygen atoms in total. The second kappa shape index (κ2) is 3.76. The molecule has 7 heteroatoms. The van der Waals surface area contributed by atoms with Crippen LogP contribution < -0.4 is 11.3 Å². The Bertz CT molecular complexity index is 618. The van der Waals surface area contributed by atoms with E-state index in [-0.39, 0.29) is 22.4 Å². The molecule has 2 aromatic rings. The topological polar surface area (TPSA) is 71.8 Å². The maximum Gasteiger partial charge on any atom is 0.393 e. The molecule has 3 N–H and O–H groups in total. The van der Waals surface area contributed by atoms with Crippen molar-refractivity contribution in [3.63, 3.8) is 0 Å². The maximum absolute atomic E-state index is 12.2. The number of aromatic nitrogens is 2. The van der Waals surface area contributed by atoms with Crippen molar-refractivity contribution in [2.24, 2.45) is 0 Å². The molecule has 0 radical (unpaired) electrons. The molecule has 17 heavy (non-hydrogen) atoms. The molecule has 1 aromatic heterocycles. The van der Waals surface area contributed by atoms with Crippen LogP contribution in [0.15, 0.2) is 23.0 Å². The summed E-state index contributed by atoms with van der Waals surface area (Å²) in [4.78, 5) is 17.5. The summed E-state index contributed by atoms with van der Waals surface area (Å²) >= 11 is 0. The van der Waals surface area contributed by atoms with Crippen LogP contribution in [0.2, 0.25) is 0 Å². The molecular formula is C10H8F3N3O. The molecule has 0 amide bonds. The van der Waals surface area contributed by atoms with Crippen molar-refractivity contribution < 1.29 is 13.2 Å². The number of halogens is 3. The molecule has 0 aliphatic heterocycles. The second-order valence-electron chi connectivity index (χ2n) is 3.59. The molecule has 90 valence electrons. The van der Waals surface area contributed by atoms with Gasteiger partial charge in [-0.2, -0.15) is 13.2 Å². The van der Waals surface area contributed by atoms with Gasteiger partial charge in [0.25, 0.3) is 5.56 Å². The van der Waals surface area contributed by atoms with E-state index < -0.39 is 18.2 Å². The van der Waals surface area contributed by atoms with Gasteiger partial charge in [0.05, 0.1) is 17.3 Å². The third kappa shape index (κ3) is 2.55. The van der Waals surface area contributed by atoms with Crippen molar-refractivity contribution in [3.05, 3.63) is 34.1 Å². The molecule has 0 saturated carbocycles. The number of nitrogens with one attached hydrogen (secondary N) is 1. The SMILES string of the molecule is Nc1nc2ccc(CC(F)(F)F)cc2c(=O)[nH]1. The molecule has 0 aliphatic rings. The van der Waals surface area contributed by atoms with Crippen LogP contribution >= 0.6 is 0 Å². The van der Waals surface area contributed by atoms with E-state index in [9.17, 15) is 18.0 Å². The lowest BCUT2D eigenvalue weighted by Gasteiger charge is -2.06. The zero-order valence-electron chi connectivity index (χ0n) is 8.51. The van der Waals surface area contributed by atoms with Crippen LogP contribution in [0.3, 0.4) is 0 Å². The molecule has 0 saturated heterocycles. The van der Waals surface area contributed by atoms with Crippen molar-refractivity contribution >= 4 is 16.9 Å². The molecule has 1 aromatic carbocycles. The van der Waals surface area contributed by atoms with E-state index in [4.69, 9.17) is 5.73 Å². The number of aromatic amines is 1. The van der Waals surface area contributed by atoms with Crippen LogP contribution in [-0.4, -0.2) is 16.1 Å². The Balaban J connectivity index is 2.55. The number of nitrogen functional groups attached to an aromatic ring is 1. The van der Waals surface area contributed by atoms with Crippen LogP contribution in [0, 0.1) is 0 Å². The van der Waals surface area contributed by atoms with Gasteiger partial charge in [-0.1, -0.05) is 6.07 Å².